The highest BCUT2D eigenvalue weighted by Crippen LogP contribution is 2.05. The largest absolute Gasteiger partial charge is 0.301 e. The predicted molar refractivity (Wildman–Crippen MR) is 62.2 cm³/mol. The summed E-state index contributed by atoms with van der Waals surface area (Å²) in [4.78, 5) is 11.3. The second-order valence-electron chi connectivity index (χ2n) is 3.63. The normalized spacial score (nSPS) is 9.79. The van der Waals surface area contributed by atoms with Gasteiger partial charge in [0.1, 0.15) is 5.78 Å². The number of hydrogen-bond donors (Lipinski definition) is 0. The van der Waals surface area contributed by atoms with Gasteiger partial charge in [0, 0.05) is 6.42 Å². The van der Waals surface area contributed by atoms with Gasteiger partial charge < -0.3 is 4.79 Å². The molecular weight excluding hydrogens is 187 g/mol. The van der Waals surface area contributed by atoms with E-state index in [9.17, 15) is 4.79 Å². The minimum atomic E-state index is -0.0738. The Morgan fingerprint density at radius 3 is 2.64 bits per heavy atom. The summed E-state index contributed by atoms with van der Waals surface area (Å²) in [6.07, 6.45) is 2.82. The minimum absolute atomic E-state index is 0.0738. The lowest BCUT2D eigenvalue weighted by atomic mass is 10.1. The number of benzene rings is 1. The Kier molecular flexibility index (Phi) is 5.60. The van der Waals surface area contributed by atoms with Gasteiger partial charge in [-0.05, 0) is 23.7 Å². The first kappa shape index (κ1) is 11.5. The molecular formula is C12H17AlO. The van der Waals surface area contributed by atoms with Gasteiger partial charge in [0.15, 0.2) is 0 Å². The van der Waals surface area contributed by atoms with Crippen molar-refractivity contribution in [1.29, 1.82) is 0 Å². The molecule has 0 fully saturated rings. The predicted octanol–water partition coefficient (Wildman–Crippen LogP) is 2.48. The van der Waals surface area contributed by atoms with Crippen molar-refractivity contribution in [2.75, 3.05) is 0 Å². The van der Waals surface area contributed by atoms with Crippen LogP contribution in [0.1, 0.15) is 18.4 Å². The number of carbonyl (C=O) groups excluding carboxylic acids is 1. The summed E-state index contributed by atoms with van der Waals surface area (Å²) in [5.74, 6) is 2.66. The third-order valence-electron chi connectivity index (χ3n) is 2.29. The van der Waals surface area contributed by atoms with Gasteiger partial charge in [-0.2, -0.15) is 0 Å². The van der Waals surface area contributed by atoms with E-state index in [-0.39, 0.29) is 15.2 Å². The van der Waals surface area contributed by atoms with Crippen LogP contribution in [0.5, 0.6) is 0 Å². The highest BCUT2D eigenvalue weighted by atomic mass is 27.1. The van der Waals surface area contributed by atoms with Crippen LogP contribution in [0.25, 0.3) is 0 Å². The van der Waals surface area contributed by atoms with Crippen LogP contribution >= 0.6 is 0 Å². The molecule has 0 aromatic heterocycles. The molecule has 2 heteroatoms. The fourth-order valence-corrected chi connectivity index (χ4v) is 2.35. The zero-order chi connectivity index (χ0) is 10.2. The topological polar surface area (TPSA) is 17.1 Å². The monoisotopic (exact) mass is 204 g/mol. The van der Waals surface area contributed by atoms with Crippen LogP contribution in [0.15, 0.2) is 30.3 Å². The van der Waals surface area contributed by atoms with E-state index < -0.39 is 0 Å². The van der Waals surface area contributed by atoms with Gasteiger partial charge in [-0.15, -0.1) is 5.79 Å². The molecule has 1 aromatic rings. The van der Waals surface area contributed by atoms with Crippen LogP contribution in [-0.4, -0.2) is 21.0 Å². The lowest BCUT2D eigenvalue weighted by Gasteiger charge is -2.00. The van der Waals surface area contributed by atoms with Crippen molar-refractivity contribution in [3.05, 3.63) is 35.9 Å². The zero-order valence-electron chi connectivity index (χ0n) is 8.83. The van der Waals surface area contributed by atoms with Gasteiger partial charge in [0.2, 0.25) is 15.2 Å². The van der Waals surface area contributed by atoms with Crippen molar-refractivity contribution in [1.82, 2.24) is 0 Å². The number of carbonyl (C=O) groups is 1. The van der Waals surface area contributed by atoms with E-state index in [4.69, 9.17) is 0 Å². The lowest BCUT2D eigenvalue weighted by Crippen LogP contribution is -2.00. The summed E-state index contributed by atoms with van der Waals surface area (Å²) in [7, 11) is 0. The first-order valence-corrected chi connectivity index (χ1v) is 7.80. The highest BCUT2D eigenvalue weighted by molar-refractivity contribution is 6.39. The summed E-state index contributed by atoms with van der Waals surface area (Å²) in [6.45, 7) is 0. The van der Waals surface area contributed by atoms with E-state index in [1.54, 1.807) is 0 Å². The molecule has 0 aliphatic carbocycles. The van der Waals surface area contributed by atoms with E-state index in [2.05, 4.69) is 30.1 Å². The van der Waals surface area contributed by atoms with Crippen LogP contribution in [0, 0.1) is 0 Å². The van der Waals surface area contributed by atoms with Crippen molar-refractivity contribution >= 4 is 21.0 Å². The maximum absolute atomic E-state index is 11.3. The SMILES string of the molecule is [CH3][AlH][CH2]C(=O)CCCc1ccccc1. The zero-order valence-corrected chi connectivity index (χ0v) is 10.2. The van der Waals surface area contributed by atoms with Gasteiger partial charge in [0.05, 0.1) is 0 Å². The first-order valence-electron chi connectivity index (χ1n) is 5.38. The molecule has 1 nitrogen and oxygen atoms in total. The number of ketones is 1. The van der Waals surface area contributed by atoms with Gasteiger partial charge in [0.25, 0.3) is 0 Å². The molecule has 0 unspecified atom stereocenters. The Morgan fingerprint density at radius 1 is 1.29 bits per heavy atom. The summed E-state index contributed by atoms with van der Waals surface area (Å²) in [5, 5.41) is 0.884. The third-order valence-corrected chi connectivity index (χ3v) is 3.35. The maximum Gasteiger partial charge on any atom is 0.244 e. The van der Waals surface area contributed by atoms with Crippen LogP contribution in [-0.2, 0) is 11.2 Å². The average Bonchev–Trinajstić information content (AvgIpc) is 2.20. The molecule has 0 heterocycles. The molecule has 1 rings (SSSR count). The maximum atomic E-state index is 11.3. The quantitative estimate of drug-likeness (QED) is 0.650. The van der Waals surface area contributed by atoms with Crippen molar-refractivity contribution in [3.63, 3.8) is 0 Å². The van der Waals surface area contributed by atoms with Crippen molar-refractivity contribution in [2.45, 2.75) is 30.3 Å². The molecule has 0 radical (unpaired) electrons. The van der Waals surface area contributed by atoms with Crippen LogP contribution in [0.3, 0.4) is 0 Å². The number of aryl methyl sites for hydroxylation is 1. The third kappa shape index (κ3) is 4.60. The fraction of sp³-hybridized carbons (Fsp3) is 0.417. The fourth-order valence-electron chi connectivity index (χ4n) is 1.54. The Labute approximate surface area is 92.2 Å². The molecule has 0 aliphatic rings. The Hall–Kier alpha value is -0.578. The summed E-state index contributed by atoms with van der Waals surface area (Å²) < 4.78 is 0. The second kappa shape index (κ2) is 6.81. The number of Topliss-reactive ketones (excluding diaryl/α,β-unsaturated/α-hetero) is 1. The Balaban J connectivity index is 2.19. The summed E-state index contributed by atoms with van der Waals surface area (Å²) >= 11 is -0.0738. The number of hydrogen-bond acceptors (Lipinski definition) is 1. The lowest BCUT2D eigenvalue weighted by molar-refractivity contribution is -0.117. The van der Waals surface area contributed by atoms with Gasteiger partial charge in [-0.1, -0.05) is 30.3 Å². The van der Waals surface area contributed by atoms with Gasteiger partial charge in [-0.3, -0.25) is 0 Å². The first-order chi connectivity index (χ1) is 6.83. The van der Waals surface area contributed by atoms with E-state index in [1.807, 2.05) is 6.07 Å². The van der Waals surface area contributed by atoms with Crippen LogP contribution < -0.4 is 0 Å². The van der Waals surface area contributed by atoms with E-state index in [0.717, 1.165) is 24.5 Å². The summed E-state index contributed by atoms with van der Waals surface area (Å²) in [5.41, 5.74) is 1.34. The Morgan fingerprint density at radius 2 is 2.00 bits per heavy atom. The molecule has 14 heavy (non-hydrogen) atoms. The van der Waals surface area contributed by atoms with Crippen molar-refractivity contribution in [2.24, 2.45) is 0 Å². The van der Waals surface area contributed by atoms with Crippen LogP contribution in [0.2, 0.25) is 11.1 Å². The van der Waals surface area contributed by atoms with Gasteiger partial charge >= 0.3 is 0 Å². The standard InChI is InChI=1S/C11H13O.CH3.Al.H/c1-10(12)6-5-9-11-7-3-2-4-8-11;;;/h2-4,7-8H,1,5-6,9H2;1H3;;. The van der Waals surface area contributed by atoms with E-state index in [0.29, 0.717) is 5.78 Å². The molecule has 0 bridgehead atoms. The van der Waals surface area contributed by atoms with E-state index >= 15 is 0 Å². The van der Waals surface area contributed by atoms with Crippen molar-refractivity contribution in [3.8, 4) is 0 Å². The molecule has 0 saturated carbocycles. The Bertz CT molecular complexity index is 269. The molecule has 1 aromatic carbocycles. The highest BCUT2D eigenvalue weighted by Gasteiger charge is 2.00. The molecule has 0 aliphatic heterocycles. The van der Waals surface area contributed by atoms with E-state index in [1.165, 1.54) is 5.56 Å². The smallest absolute Gasteiger partial charge is 0.244 e. The van der Waals surface area contributed by atoms with Gasteiger partial charge in [-0.25, -0.2) is 0 Å². The summed E-state index contributed by atoms with van der Waals surface area (Å²) in [6, 6.07) is 10.4. The second-order valence-corrected chi connectivity index (χ2v) is 5.13. The molecule has 0 saturated heterocycles. The number of rotatable bonds is 6. The van der Waals surface area contributed by atoms with Crippen molar-refractivity contribution < 1.29 is 4.79 Å². The molecule has 74 valence electrons. The molecule has 0 atom stereocenters. The minimum Gasteiger partial charge on any atom is -0.301 e. The molecule has 0 N–H and O–H groups in total. The molecule has 0 spiro atoms. The molecule has 0 amide bonds. The van der Waals surface area contributed by atoms with Crippen LogP contribution in [0.4, 0.5) is 0 Å². The average molecular weight is 204 g/mol.